The zero-order chi connectivity index (χ0) is 11.7. The number of benzene rings is 1. The van der Waals surface area contributed by atoms with Gasteiger partial charge in [-0.15, -0.1) is 0 Å². The lowest BCUT2D eigenvalue weighted by Crippen LogP contribution is -2.12. The monoisotopic (exact) mass is 230 g/mol. The molecule has 2 aromatic rings. The highest BCUT2D eigenvalue weighted by Gasteiger charge is 2.24. The lowest BCUT2D eigenvalue weighted by atomic mass is 10.0. The Morgan fingerprint density at radius 2 is 2.18 bits per heavy atom. The lowest BCUT2D eigenvalue weighted by Gasteiger charge is -2.09. The minimum Gasteiger partial charge on any atom is -0.507 e. The minimum absolute atomic E-state index is 0.215. The predicted octanol–water partition coefficient (Wildman–Crippen LogP) is 2.47. The van der Waals surface area contributed by atoms with Crippen LogP contribution in [0.4, 0.5) is 0 Å². The number of hydrogen-bond acceptors (Lipinski definition) is 4. The summed E-state index contributed by atoms with van der Waals surface area (Å²) in [4.78, 5) is 0. The summed E-state index contributed by atoms with van der Waals surface area (Å²) in [7, 11) is 0. The molecular formula is C13H14N2O2. The summed E-state index contributed by atoms with van der Waals surface area (Å²) in [6, 6.07) is 7.47. The van der Waals surface area contributed by atoms with Crippen molar-refractivity contribution in [1.82, 2.24) is 10.5 Å². The van der Waals surface area contributed by atoms with Crippen LogP contribution >= 0.6 is 0 Å². The van der Waals surface area contributed by atoms with Gasteiger partial charge in [-0.1, -0.05) is 23.4 Å². The van der Waals surface area contributed by atoms with E-state index in [1.807, 2.05) is 12.1 Å². The smallest absolute Gasteiger partial charge is 0.161 e. The Labute approximate surface area is 99.3 Å². The van der Waals surface area contributed by atoms with Crippen molar-refractivity contribution in [2.45, 2.75) is 18.9 Å². The average molecular weight is 230 g/mol. The van der Waals surface area contributed by atoms with Gasteiger partial charge in [-0.25, -0.2) is 0 Å². The van der Waals surface area contributed by atoms with Crippen molar-refractivity contribution in [2.75, 3.05) is 6.54 Å². The molecule has 1 aromatic heterocycles. The van der Waals surface area contributed by atoms with Gasteiger partial charge in [0.2, 0.25) is 0 Å². The molecule has 17 heavy (non-hydrogen) atoms. The van der Waals surface area contributed by atoms with Gasteiger partial charge in [-0.05, 0) is 25.5 Å². The fourth-order valence-corrected chi connectivity index (χ4v) is 2.31. The maximum atomic E-state index is 9.86. The Balaban J connectivity index is 2.04. The summed E-state index contributed by atoms with van der Waals surface area (Å²) in [5.41, 5.74) is 1.65. The molecule has 0 bridgehead atoms. The third kappa shape index (κ3) is 1.80. The van der Waals surface area contributed by atoms with Gasteiger partial charge in [-0.3, -0.25) is 0 Å². The second-order valence-electron chi connectivity index (χ2n) is 4.27. The highest BCUT2D eigenvalue weighted by atomic mass is 16.5. The van der Waals surface area contributed by atoms with Crippen LogP contribution in [0.1, 0.15) is 24.6 Å². The number of phenolic OH excluding ortho intramolecular Hbond substituents is 1. The minimum atomic E-state index is 0.215. The van der Waals surface area contributed by atoms with Crippen molar-refractivity contribution in [2.24, 2.45) is 0 Å². The molecule has 1 aliphatic rings. The van der Waals surface area contributed by atoms with Gasteiger partial charge in [0, 0.05) is 11.1 Å². The predicted molar refractivity (Wildman–Crippen MR) is 63.6 cm³/mol. The summed E-state index contributed by atoms with van der Waals surface area (Å²) in [5, 5.41) is 17.1. The van der Waals surface area contributed by atoms with Crippen LogP contribution in [0.3, 0.4) is 0 Å². The van der Waals surface area contributed by atoms with E-state index in [-0.39, 0.29) is 11.8 Å². The molecule has 1 atom stereocenters. The van der Waals surface area contributed by atoms with Gasteiger partial charge in [0.1, 0.15) is 5.75 Å². The summed E-state index contributed by atoms with van der Waals surface area (Å²) in [6.45, 7) is 1.01. The lowest BCUT2D eigenvalue weighted by molar-refractivity contribution is 0.352. The van der Waals surface area contributed by atoms with Crippen molar-refractivity contribution < 1.29 is 9.63 Å². The first-order valence-corrected chi connectivity index (χ1v) is 5.82. The van der Waals surface area contributed by atoms with Crippen molar-refractivity contribution in [1.29, 1.82) is 0 Å². The van der Waals surface area contributed by atoms with E-state index in [4.69, 9.17) is 4.52 Å². The van der Waals surface area contributed by atoms with E-state index in [1.165, 1.54) is 0 Å². The van der Waals surface area contributed by atoms with Gasteiger partial charge in [0.15, 0.2) is 5.76 Å². The third-order valence-corrected chi connectivity index (χ3v) is 3.17. The molecule has 2 N–H and O–H groups in total. The van der Waals surface area contributed by atoms with Gasteiger partial charge < -0.3 is 14.9 Å². The molecule has 0 amide bonds. The second-order valence-corrected chi connectivity index (χ2v) is 4.27. The van der Waals surface area contributed by atoms with Crippen LogP contribution in [0, 0.1) is 0 Å². The maximum Gasteiger partial charge on any atom is 0.161 e. The van der Waals surface area contributed by atoms with Crippen molar-refractivity contribution in [3.05, 3.63) is 36.2 Å². The number of rotatable bonds is 2. The first-order valence-electron chi connectivity index (χ1n) is 5.82. The van der Waals surface area contributed by atoms with E-state index in [0.29, 0.717) is 0 Å². The van der Waals surface area contributed by atoms with Gasteiger partial charge in [-0.2, -0.15) is 0 Å². The summed E-state index contributed by atoms with van der Waals surface area (Å²) in [6.07, 6.45) is 3.87. The van der Waals surface area contributed by atoms with E-state index in [1.54, 1.807) is 18.3 Å². The quantitative estimate of drug-likeness (QED) is 0.832. The number of hydrogen-bond donors (Lipinski definition) is 2. The largest absolute Gasteiger partial charge is 0.507 e. The SMILES string of the molecule is Oc1ccccc1-c1cnoc1C1CCCN1. The fourth-order valence-electron chi connectivity index (χ4n) is 2.31. The average Bonchev–Trinajstić information content (AvgIpc) is 3.00. The zero-order valence-corrected chi connectivity index (χ0v) is 9.39. The van der Waals surface area contributed by atoms with Gasteiger partial charge in [0.25, 0.3) is 0 Å². The molecular weight excluding hydrogens is 216 g/mol. The highest BCUT2D eigenvalue weighted by molar-refractivity contribution is 5.71. The normalized spacial score (nSPS) is 19.6. The van der Waals surface area contributed by atoms with E-state index in [0.717, 1.165) is 36.3 Å². The third-order valence-electron chi connectivity index (χ3n) is 3.17. The van der Waals surface area contributed by atoms with E-state index in [2.05, 4.69) is 10.5 Å². The molecule has 0 aliphatic carbocycles. The summed E-state index contributed by atoms with van der Waals surface area (Å²) in [5.74, 6) is 1.08. The van der Waals surface area contributed by atoms with Crippen LogP contribution < -0.4 is 5.32 Å². The molecule has 1 aliphatic heterocycles. The Bertz CT molecular complexity index is 516. The first kappa shape index (κ1) is 10.4. The topological polar surface area (TPSA) is 58.3 Å². The van der Waals surface area contributed by atoms with Crippen LogP contribution in [-0.4, -0.2) is 16.8 Å². The first-order chi connectivity index (χ1) is 8.36. The molecule has 1 unspecified atom stereocenters. The maximum absolute atomic E-state index is 9.86. The van der Waals surface area contributed by atoms with Gasteiger partial charge in [0.05, 0.1) is 12.2 Å². The Kier molecular flexibility index (Phi) is 2.57. The van der Waals surface area contributed by atoms with Gasteiger partial charge >= 0.3 is 0 Å². The molecule has 2 heterocycles. The number of phenols is 1. The molecule has 1 aromatic carbocycles. The second kappa shape index (κ2) is 4.22. The molecule has 0 saturated carbocycles. The number of aromatic hydroxyl groups is 1. The van der Waals surface area contributed by atoms with Crippen LogP contribution in [0.5, 0.6) is 5.75 Å². The number of para-hydroxylation sites is 1. The van der Waals surface area contributed by atoms with Crippen LogP contribution in [0.25, 0.3) is 11.1 Å². The van der Waals surface area contributed by atoms with Crippen molar-refractivity contribution >= 4 is 0 Å². The van der Waals surface area contributed by atoms with Crippen molar-refractivity contribution in [3.8, 4) is 16.9 Å². The molecule has 1 saturated heterocycles. The van der Waals surface area contributed by atoms with Crippen molar-refractivity contribution in [3.63, 3.8) is 0 Å². The fraction of sp³-hybridized carbons (Fsp3) is 0.308. The zero-order valence-electron chi connectivity index (χ0n) is 9.39. The molecule has 88 valence electrons. The number of nitrogens with one attached hydrogen (secondary N) is 1. The van der Waals surface area contributed by atoms with E-state index in [9.17, 15) is 5.11 Å². The molecule has 3 rings (SSSR count). The standard InChI is InChI=1S/C13H14N2O2/c16-12-6-2-1-4-9(12)10-8-15-17-13(10)11-5-3-7-14-11/h1-2,4,6,8,11,14,16H,3,5,7H2. The number of aromatic nitrogens is 1. The Morgan fingerprint density at radius 3 is 2.94 bits per heavy atom. The highest BCUT2D eigenvalue weighted by Crippen LogP contribution is 2.36. The molecule has 4 nitrogen and oxygen atoms in total. The number of nitrogens with zero attached hydrogens (tertiary/aromatic N) is 1. The van der Waals surface area contributed by atoms with E-state index < -0.39 is 0 Å². The summed E-state index contributed by atoms with van der Waals surface area (Å²) >= 11 is 0. The van der Waals surface area contributed by atoms with Crippen LogP contribution in [0.2, 0.25) is 0 Å². The molecule has 0 spiro atoms. The van der Waals surface area contributed by atoms with Crippen LogP contribution in [-0.2, 0) is 0 Å². The van der Waals surface area contributed by atoms with Crippen LogP contribution in [0.15, 0.2) is 35.0 Å². The summed E-state index contributed by atoms with van der Waals surface area (Å²) < 4.78 is 5.33. The van der Waals surface area contributed by atoms with E-state index >= 15 is 0 Å². The Morgan fingerprint density at radius 1 is 1.29 bits per heavy atom. The molecule has 1 fully saturated rings. The Hall–Kier alpha value is -1.81. The molecule has 0 radical (unpaired) electrons. The molecule has 4 heteroatoms.